The number of hydrogen-bond acceptors (Lipinski definition) is 7. The molecule has 2 aromatic heterocycles. The van der Waals surface area contributed by atoms with E-state index in [4.69, 9.17) is 0 Å². The van der Waals surface area contributed by atoms with Crippen molar-refractivity contribution >= 4 is 44.9 Å². The first-order valence-corrected chi connectivity index (χ1v) is 9.71. The molecule has 1 N–H and O–H groups in total. The Morgan fingerprint density at radius 2 is 2.00 bits per heavy atom. The fourth-order valence-electron chi connectivity index (χ4n) is 2.36. The lowest BCUT2D eigenvalue weighted by Gasteiger charge is -2.09. The van der Waals surface area contributed by atoms with Gasteiger partial charge in [-0.25, -0.2) is 4.68 Å². The largest absolute Gasteiger partial charge is 0.295 e. The zero-order valence-corrected chi connectivity index (χ0v) is 15.5. The van der Waals surface area contributed by atoms with Crippen molar-refractivity contribution in [2.24, 2.45) is 0 Å². The van der Waals surface area contributed by atoms with Gasteiger partial charge in [-0.3, -0.25) is 14.9 Å². The van der Waals surface area contributed by atoms with E-state index < -0.39 is 5.91 Å². The molecule has 3 aromatic rings. The van der Waals surface area contributed by atoms with Gasteiger partial charge in [0, 0.05) is 11.9 Å². The molecule has 7 nitrogen and oxygen atoms in total. The van der Waals surface area contributed by atoms with E-state index in [0.717, 1.165) is 16.5 Å². The Hall–Kier alpha value is -2.26. The summed E-state index contributed by atoms with van der Waals surface area (Å²) in [5.74, 6) is 0.488. The van der Waals surface area contributed by atoms with E-state index in [1.807, 2.05) is 13.8 Å². The summed E-state index contributed by atoms with van der Waals surface area (Å²) >= 11 is 2.88. The molecule has 9 heteroatoms. The minimum atomic E-state index is -0.398. The smallest absolute Gasteiger partial charge is 0.278 e. The van der Waals surface area contributed by atoms with E-state index in [-0.39, 0.29) is 11.3 Å². The molecule has 1 amide bonds. The summed E-state index contributed by atoms with van der Waals surface area (Å²) in [6.07, 6.45) is 0.750. The van der Waals surface area contributed by atoms with Crippen molar-refractivity contribution in [2.75, 3.05) is 11.1 Å². The molecule has 130 valence electrons. The highest BCUT2D eigenvalue weighted by Gasteiger charge is 2.18. The normalized spacial score (nSPS) is 11.0. The van der Waals surface area contributed by atoms with Crippen molar-refractivity contribution in [2.45, 2.75) is 31.2 Å². The zero-order chi connectivity index (χ0) is 17.8. The maximum atomic E-state index is 12.7. The van der Waals surface area contributed by atoms with Gasteiger partial charge >= 0.3 is 0 Å². The van der Waals surface area contributed by atoms with Gasteiger partial charge in [-0.05, 0) is 18.2 Å². The Kier molecular flexibility index (Phi) is 5.44. The summed E-state index contributed by atoms with van der Waals surface area (Å²) in [6.45, 7) is 4.44. The van der Waals surface area contributed by atoms with Gasteiger partial charge in [-0.2, -0.15) is 5.10 Å². The lowest BCUT2D eigenvalue weighted by atomic mass is 10.1. The number of thioether (sulfide) groups is 1. The topological polar surface area (TPSA) is 89.8 Å². The number of amides is 1. The predicted octanol–water partition coefficient (Wildman–Crippen LogP) is 3.02. The summed E-state index contributed by atoms with van der Waals surface area (Å²) < 4.78 is 2.14. The first kappa shape index (κ1) is 17.6. The number of benzene rings is 1. The van der Waals surface area contributed by atoms with Crippen LogP contribution in [0.5, 0.6) is 0 Å². The molecule has 0 aliphatic carbocycles. The average Bonchev–Trinajstić information content (AvgIpc) is 3.05. The maximum absolute atomic E-state index is 12.7. The molecule has 0 aliphatic heterocycles. The van der Waals surface area contributed by atoms with E-state index in [9.17, 15) is 9.59 Å². The van der Waals surface area contributed by atoms with Crippen molar-refractivity contribution in [1.29, 1.82) is 0 Å². The van der Waals surface area contributed by atoms with E-state index in [0.29, 0.717) is 22.4 Å². The molecule has 3 rings (SSSR count). The second-order valence-electron chi connectivity index (χ2n) is 5.18. The Morgan fingerprint density at radius 1 is 1.24 bits per heavy atom. The Labute approximate surface area is 152 Å². The number of nitrogens with zero attached hydrogens (tertiary/aromatic N) is 4. The molecular weight excluding hydrogens is 358 g/mol. The predicted molar refractivity (Wildman–Crippen MR) is 101 cm³/mol. The number of aryl methyl sites for hydroxylation is 1. The molecule has 0 unspecified atom stereocenters. The number of hydrogen-bond donors (Lipinski definition) is 1. The van der Waals surface area contributed by atoms with Crippen molar-refractivity contribution in [3.63, 3.8) is 0 Å². The van der Waals surface area contributed by atoms with Gasteiger partial charge in [0.25, 0.3) is 11.5 Å². The number of fused-ring (bicyclic) bond motifs is 1. The number of anilines is 1. The number of carbonyl (C=O) groups is 1. The van der Waals surface area contributed by atoms with Crippen molar-refractivity contribution in [1.82, 2.24) is 20.0 Å². The summed E-state index contributed by atoms with van der Waals surface area (Å²) in [4.78, 5) is 25.2. The second kappa shape index (κ2) is 7.75. The zero-order valence-electron chi connectivity index (χ0n) is 13.9. The van der Waals surface area contributed by atoms with Gasteiger partial charge < -0.3 is 0 Å². The molecule has 0 saturated carbocycles. The fourth-order valence-corrected chi connectivity index (χ4v) is 4.01. The van der Waals surface area contributed by atoms with E-state index in [1.54, 1.807) is 36.0 Å². The van der Waals surface area contributed by atoms with Gasteiger partial charge in [0.2, 0.25) is 5.13 Å². The third-order valence-electron chi connectivity index (χ3n) is 3.41. The molecule has 0 bridgehead atoms. The van der Waals surface area contributed by atoms with Crippen LogP contribution in [0.1, 0.15) is 30.8 Å². The van der Waals surface area contributed by atoms with Crippen molar-refractivity contribution < 1.29 is 4.79 Å². The quantitative estimate of drug-likeness (QED) is 0.526. The second-order valence-corrected chi connectivity index (χ2v) is 7.67. The number of rotatable bonds is 6. The van der Waals surface area contributed by atoms with Crippen molar-refractivity contribution in [3.8, 4) is 0 Å². The molecule has 0 atom stereocenters. The third kappa shape index (κ3) is 3.72. The van der Waals surface area contributed by atoms with Crippen LogP contribution in [-0.4, -0.2) is 31.6 Å². The van der Waals surface area contributed by atoms with E-state index in [1.165, 1.54) is 16.0 Å². The summed E-state index contributed by atoms with van der Waals surface area (Å²) in [7, 11) is 0. The molecule has 25 heavy (non-hydrogen) atoms. The summed E-state index contributed by atoms with van der Waals surface area (Å²) in [5, 5.41) is 16.4. The molecule has 0 radical (unpaired) electrons. The third-order valence-corrected chi connectivity index (χ3v) is 5.27. The molecular formula is C16H17N5O2S2. The molecule has 0 spiro atoms. The standard InChI is InChI=1S/C16H17N5O2S2/c1-3-9-21-14(23)11-8-6-5-7-10(11)12(20-21)13(22)17-15-18-19-16(25-15)24-4-2/h5-8H,3-4,9H2,1-2H3,(H,17,18,22). The average molecular weight is 375 g/mol. The molecule has 2 heterocycles. The first-order chi connectivity index (χ1) is 12.1. The van der Waals surface area contributed by atoms with Gasteiger partial charge in [0.15, 0.2) is 10.0 Å². The van der Waals surface area contributed by atoms with Gasteiger partial charge in [0.05, 0.1) is 5.39 Å². The first-order valence-electron chi connectivity index (χ1n) is 7.91. The Bertz CT molecular complexity index is 967. The van der Waals surface area contributed by atoms with Gasteiger partial charge in [-0.1, -0.05) is 55.1 Å². The van der Waals surface area contributed by atoms with Crippen LogP contribution in [0.3, 0.4) is 0 Å². The monoisotopic (exact) mass is 375 g/mol. The molecule has 1 aromatic carbocycles. The molecule has 0 aliphatic rings. The summed E-state index contributed by atoms with van der Waals surface area (Å²) in [5.41, 5.74) is 0.0232. The van der Waals surface area contributed by atoms with Crippen LogP contribution in [0, 0.1) is 0 Å². The minimum absolute atomic E-state index is 0.188. The van der Waals surface area contributed by atoms with Gasteiger partial charge in [-0.15, -0.1) is 10.2 Å². The Morgan fingerprint density at radius 3 is 2.72 bits per heavy atom. The van der Waals surface area contributed by atoms with Gasteiger partial charge in [0.1, 0.15) is 0 Å². The maximum Gasteiger partial charge on any atom is 0.278 e. The van der Waals surface area contributed by atoms with Crippen LogP contribution in [0.15, 0.2) is 33.4 Å². The van der Waals surface area contributed by atoms with E-state index >= 15 is 0 Å². The van der Waals surface area contributed by atoms with Crippen molar-refractivity contribution in [3.05, 3.63) is 40.3 Å². The Balaban J connectivity index is 1.99. The van der Waals surface area contributed by atoms with Crippen LogP contribution in [0.4, 0.5) is 5.13 Å². The number of aromatic nitrogens is 4. The molecule has 0 fully saturated rings. The highest BCUT2D eigenvalue weighted by molar-refractivity contribution is 8.01. The highest BCUT2D eigenvalue weighted by atomic mass is 32.2. The fraction of sp³-hybridized carbons (Fsp3) is 0.312. The van der Waals surface area contributed by atoms with E-state index in [2.05, 4.69) is 20.6 Å². The lowest BCUT2D eigenvalue weighted by molar-refractivity contribution is 0.102. The number of carbonyl (C=O) groups excluding carboxylic acids is 1. The van der Waals surface area contributed by atoms with Crippen LogP contribution in [0.25, 0.3) is 10.8 Å². The van der Waals surface area contributed by atoms with Crippen LogP contribution < -0.4 is 10.9 Å². The van der Waals surface area contributed by atoms with Crippen LogP contribution in [0.2, 0.25) is 0 Å². The lowest BCUT2D eigenvalue weighted by Crippen LogP contribution is -2.27. The number of nitrogens with one attached hydrogen (secondary N) is 1. The highest BCUT2D eigenvalue weighted by Crippen LogP contribution is 2.25. The SMILES string of the molecule is CCCn1nc(C(=O)Nc2nnc(SCC)s2)c2ccccc2c1=O. The molecule has 0 saturated heterocycles. The minimum Gasteiger partial charge on any atom is -0.295 e. The summed E-state index contributed by atoms with van der Waals surface area (Å²) in [6, 6.07) is 7.00. The van der Waals surface area contributed by atoms with Crippen LogP contribution >= 0.6 is 23.1 Å². The van der Waals surface area contributed by atoms with Crippen LogP contribution in [-0.2, 0) is 6.54 Å².